The molecule has 0 aliphatic carbocycles. The Kier molecular flexibility index (Phi) is 2.83. The summed E-state index contributed by atoms with van der Waals surface area (Å²) < 4.78 is 5.21. The van der Waals surface area contributed by atoms with Crippen LogP contribution >= 0.6 is 0 Å². The number of pyridine rings is 1. The fourth-order valence-electron chi connectivity index (χ4n) is 1.51. The number of hydrogen-bond donors (Lipinski definition) is 1. The Morgan fingerprint density at radius 2 is 2.12 bits per heavy atom. The summed E-state index contributed by atoms with van der Waals surface area (Å²) in [5, 5.41) is 3.96. The molecule has 2 aromatic rings. The lowest BCUT2D eigenvalue weighted by molar-refractivity contribution is 0.374. The lowest BCUT2D eigenvalue weighted by atomic mass is 9.92. The van der Waals surface area contributed by atoms with Gasteiger partial charge in [0, 0.05) is 12.6 Å². The molecule has 5 heteroatoms. The highest BCUT2D eigenvalue weighted by Gasteiger charge is 2.17. The molecule has 0 radical (unpaired) electrons. The van der Waals surface area contributed by atoms with Crippen LogP contribution in [0.15, 0.2) is 23.0 Å². The minimum absolute atomic E-state index is 0.130. The summed E-state index contributed by atoms with van der Waals surface area (Å²) in [6, 6.07) is 1.77. The lowest BCUT2D eigenvalue weighted by Gasteiger charge is -2.14. The van der Waals surface area contributed by atoms with Crippen molar-refractivity contribution in [2.45, 2.75) is 27.2 Å². The number of aromatic nitrogens is 3. The molecule has 0 atom stereocenters. The monoisotopic (exact) mass is 232 g/mol. The molecule has 0 amide bonds. The molecule has 0 saturated heterocycles. The van der Waals surface area contributed by atoms with Gasteiger partial charge in [0.05, 0.1) is 17.4 Å². The van der Waals surface area contributed by atoms with Crippen LogP contribution in [0.5, 0.6) is 0 Å². The topological polar surface area (TPSA) is 77.8 Å². The number of nitrogens with two attached hydrogens (primary N) is 1. The van der Waals surface area contributed by atoms with E-state index in [2.05, 4.69) is 35.9 Å². The molecule has 0 bridgehead atoms. The van der Waals surface area contributed by atoms with E-state index in [0.29, 0.717) is 17.4 Å². The van der Waals surface area contributed by atoms with E-state index in [1.165, 1.54) is 0 Å². The molecular formula is C12H16N4O. The van der Waals surface area contributed by atoms with E-state index in [4.69, 9.17) is 10.3 Å². The predicted molar refractivity (Wildman–Crippen MR) is 65.1 cm³/mol. The van der Waals surface area contributed by atoms with Gasteiger partial charge in [-0.15, -0.1) is 0 Å². The lowest BCUT2D eigenvalue weighted by Crippen LogP contribution is -2.10. The summed E-state index contributed by atoms with van der Waals surface area (Å²) in [5.74, 6) is 1.15. The second-order valence-electron chi connectivity index (χ2n) is 5.22. The molecule has 2 aromatic heterocycles. The molecule has 0 aliphatic rings. The standard InChI is InChI=1S/C12H16N4O/c1-12(2,3)6-10-15-11(17-16-10)8-4-5-14-7-9(8)13/h4-5,7H,6,13H2,1-3H3. The van der Waals surface area contributed by atoms with E-state index in [9.17, 15) is 0 Å². The normalized spacial score (nSPS) is 11.7. The number of hydrogen-bond acceptors (Lipinski definition) is 5. The van der Waals surface area contributed by atoms with Gasteiger partial charge in [0.15, 0.2) is 5.82 Å². The highest BCUT2D eigenvalue weighted by atomic mass is 16.5. The summed E-state index contributed by atoms with van der Waals surface area (Å²) in [4.78, 5) is 8.26. The van der Waals surface area contributed by atoms with Crippen LogP contribution in [-0.4, -0.2) is 15.1 Å². The second-order valence-corrected chi connectivity index (χ2v) is 5.22. The first kappa shape index (κ1) is 11.6. The number of anilines is 1. The third kappa shape index (κ3) is 2.81. The molecule has 2 rings (SSSR count). The van der Waals surface area contributed by atoms with E-state index >= 15 is 0 Å². The number of nitrogen functional groups attached to an aromatic ring is 1. The van der Waals surface area contributed by atoms with E-state index in [1.807, 2.05) is 0 Å². The number of rotatable bonds is 2. The van der Waals surface area contributed by atoms with Crippen molar-refractivity contribution in [1.29, 1.82) is 0 Å². The maximum atomic E-state index is 5.80. The van der Waals surface area contributed by atoms with Crippen LogP contribution in [0.25, 0.3) is 11.5 Å². The Morgan fingerprint density at radius 1 is 1.35 bits per heavy atom. The fourth-order valence-corrected chi connectivity index (χ4v) is 1.51. The third-order valence-electron chi connectivity index (χ3n) is 2.24. The smallest absolute Gasteiger partial charge is 0.260 e. The quantitative estimate of drug-likeness (QED) is 0.859. The van der Waals surface area contributed by atoms with Crippen molar-refractivity contribution in [3.63, 3.8) is 0 Å². The zero-order chi connectivity index (χ0) is 12.5. The third-order valence-corrected chi connectivity index (χ3v) is 2.24. The van der Waals surface area contributed by atoms with Gasteiger partial charge in [-0.25, -0.2) is 0 Å². The fraction of sp³-hybridized carbons (Fsp3) is 0.417. The van der Waals surface area contributed by atoms with Gasteiger partial charge in [-0.2, -0.15) is 4.98 Å². The van der Waals surface area contributed by atoms with Crippen LogP contribution < -0.4 is 5.73 Å². The minimum Gasteiger partial charge on any atom is -0.397 e. The predicted octanol–water partition coefficient (Wildman–Crippen LogP) is 2.30. The summed E-state index contributed by atoms with van der Waals surface area (Å²) in [7, 11) is 0. The van der Waals surface area contributed by atoms with Gasteiger partial charge in [0.2, 0.25) is 0 Å². The van der Waals surface area contributed by atoms with Crippen molar-refractivity contribution in [3.8, 4) is 11.5 Å². The Morgan fingerprint density at radius 3 is 2.76 bits per heavy atom. The molecule has 2 N–H and O–H groups in total. The molecule has 90 valence electrons. The Bertz CT molecular complexity index is 513. The molecular weight excluding hydrogens is 216 g/mol. The first-order valence-electron chi connectivity index (χ1n) is 5.48. The molecule has 5 nitrogen and oxygen atoms in total. The minimum atomic E-state index is 0.130. The zero-order valence-electron chi connectivity index (χ0n) is 10.3. The van der Waals surface area contributed by atoms with Gasteiger partial charge >= 0.3 is 0 Å². The van der Waals surface area contributed by atoms with Crippen molar-refractivity contribution in [2.75, 3.05) is 5.73 Å². The van der Waals surface area contributed by atoms with Crippen molar-refractivity contribution < 1.29 is 4.52 Å². The van der Waals surface area contributed by atoms with Crippen LogP contribution in [0.3, 0.4) is 0 Å². The molecule has 0 unspecified atom stereocenters. The van der Waals surface area contributed by atoms with E-state index < -0.39 is 0 Å². The molecule has 0 aliphatic heterocycles. The Hall–Kier alpha value is -1.91. The molecule has 0 aromatic carbocycles. The summed E-state index contributed by atoms with van der Waals surface area (Å²) in [6.07, 6.45) is 3.99. The average Bonchev–Trinajstić information content (AvgIpc) is 2.64. The Labute approximate surface area is 100 Å². The van der Waals surface area contributed by atoms with Crippen molar-refractivity contribution in [3.05, 3.63) is 24.3 Å². The Balaban J connectivity index is 2.28. The first-order valence-corrected chi connectivity index (χ1v) is 5.48. The zero-order valence-corrected chi connectivity index (χ0v) is 10.3. The molecule has 0 fully saturated rings. The van der Waals surface area contributed by atoms with Gasteiger partial charge in [0.1, 0.15) is 0 Å². The van der Waals surface area contributed by atoms with Crippen molar-refractivity contribution in [2.24, 2.45) is 5.41 Å². The van der Waals surface area contributed by atoms with E-state index in [-0.39, 0.29) is 5.41 Å². The molecule has 0 saturated carbocycles. The highest BCUT2D eigenvalue weighted by Crippen LogP contribution is 2.25. The largest absolute Gasteiger partial charge is 0.397 e. The van der Waals surface area contributed by atoms with Gasteiger partial charge in [-0.1, -0.05) is 25.9 Å². The van der Waals surface area contributed by atoms with Crippen LogP contribution in [0, 0.1) is 5.41 Å². The maximum Gasteiger partial charge on any atom is 0.260 e. The highest BCUT2D eigenvalue weighted by molar-refractivity contribution is 5.68. The number of nitrogens with zero attached hydrogens (tertiary/aromatic N) is 3. The van der Waals surface area contributed by atoms with Crippen LogP contribution in [0.2, 0.25) is 0 Å². The van der Waals surface area contributed by atoms with Crippen LogP contribution in [-0.2, 0) is 6.42 Å². The van der Waals surface area contributed by atoms with Gasteiger partial charge in [-0.3, -0.25) is 4.98 Å². The molecule has 0 spiro atoms. The first-order chi connectivity index (χ1) is 7.96. The van der Waals surface area contributed by atoms with E-state index in [0.717, 1.165) is 12.0 Å². The van der Waals surface area contributed by atoms with Crippen molar-refractivity contribution >= 4 is 5.69 Å². The van der Waals surface area contributed by atoms with Crippen molar-refractivity contribution in [1.82, 2.24) is 15.1 Å². The average molecular weight is 232 g/mol. The molecule has 2 heterocycles. The molecule has 17 heavy (non-hydrogen) atoms. The summed E-state index contributed by atoms with van der Waals surface area (Å²) in [6.45, 7) is 6.39. The second kappa shape index (κ2) is 4.16. The van der Waals surface area contributed by atoms with Crippen LogP contribution in [0.4, 0.5) is 5.69 Å². The summed E-state index contributed by atoms with van der Waals surface area (Å²) >= 11 is 0. The SMILES string of the molecule is CC(C)(C)Cc1noc(-c2ccncc2N)n1. The summed E-state index contributed by atoms with van der Waals surface area (Å²) in [5.41, 5.74) is 7.20. The van der Waals surface area contributed by atoms with Gasteiger partial charge in [0.25, 0.3) is 5.89 Å². The van der Waals surface area contributed by atoms with Gasteiger partial charge in [-0.05, 0) is 11.5 Å². The maximum absolute atomic E-state index is 5.80. The van der Waals surface area contributed by atoms with Crippen LogP contribution in [0.1, 0.15) is 26.6 Å². The van der Waals surface area contributed by atoms with E-state index in [1.54, 1.807) is 18.5 Å². The van der Waals surface area contributed by atoms with Gasteiger partial charge < -0.3 is 10.3 Å².